The smallest absolute Gasteiger partial charge is 0.258 e. The van der Waals surface area contributed by atoms with Crippen molar-refractivity contribution in [2.24, 2.45) is 0 Å². The van der Waals surface area contributed by atoms with Gasteiger partial charge in [0.15, 0.2) is 0 Å². The van der Waals surface area contributed by atoms with Gasteiger partial charge >= 0.3 is 0 Å². The summed E-state index contributed by atoms with van der Waals surface area (Å²) in [4.78, 5) is 9.69. The van der Waals surface area contributed by atoms with Crippen LogP contribution in [0.25, 0.3) is 0 Å². The minimum atomic E-state index is -0.437. The molecule has 0 unspecified atom stereocenters. The Balaban J connectivity index is 2.92. The van der Waals surface area contributed by atoms with Gasteiger partial charge in [-0.3, -0.25) is 10.1 Å². The van der Waals surface area contributed by atoms with Gasteiger partial charge in [0.25, 0.3) is 5.70 Å². The molecule has 3 heteroatoms. The van der Waals surface area contributed by atoms with E-state index in [0.29, 0.717) is 0 Å². The molecule has 0 aromatic heterocycles. The quantitative estimate of drug-likeness (QED) is 0.310. The maximum atomic E-state index is 10.1. The summed E-state index contributed by atoms with van der Waals surface area (Å²) >= 11 is 0. The van der Waals surface area contributed by atoms with Crippen molar-refractivity contribution in [3.05, 3.63) is 51.9 Å². The van der Waals surface area contributed by atoms with Crippen molar-refractivity contribution in [2.75, 3.05) is 0 Å². The minimum absolute atomic E-state index is 0.0845. The van der Waals surface area contributed by atoms with Gasteiger partial charge in [0.05, 0.1) is 4.92 Å². The Hall–Kier alpha value is -1.60. The first-order valence-corrected chi connectivity index (χ1v) is 2.74. The SMILES string of the molecule is O=[N+]([O-])C1=CC=C=CC=C1. The zero-order chi connectivity index (χ0) is 7.40. The second kappa shape index (κ2) is 2.80. The predicted octanol–water partition coefficient (Wildman–Crippen LogP) is 1.43. The molecular weight excluding hydrogens is 130 g/mol. The first-order chi connectivity index (χ1) is 4.80. The summed E-state index contributed by atoms with van der Waals surface area (Å²) in [5.74, 6) is 0. The van der Waals surface area contributed by atoms with Crippen molar-refractivity contribution < 1.29 is 4.92 Å². The van der Waals surface area contributed by atoms with Crippen LogP contribution in [0.15, 0.2) is 41.8 Å². The monoisotopic (exact) mass is 135 g/mol. The number of nitrogens with zero attached hydrogens (tertiary/aromatic N) is 1. The van der Waals surface area contributed by atoms with Crippen molar-refractivity contribution in [1.82, 2.24) is 0 Å². The highest BCUT2D eigenvalue weighted by Gasteiger charge is 2.02. The molecule has 0 bridgehead atoms. The maximum absolute atomic E-state index is 10.1. The average molecular weight is 135 g/mol. The Morgan fingerprint density at radius 2 is 2.30 bits per heavy atom. The zero-order valence-corrected chi connectivity index (χ0v) is 5.15. The average Bonchev–Trinajstić information content (AvgIpc) is 2.12. The molecule has 3 nitrogen and oxygen atoms in total. The summed E-state index contributed by atoms with van der Waals surface area (Å²) in [5, 5.41) is 10.1. The van der Waals surface area contributed by atoms with Crippen molar-refractivity contribution in [2.45, 2.75) is 0 Å². The summed E-state index contributed by atoms with van der Waals surface area (Å²) in [5.41, 5.74) is 2.80. The molecule has 0 aromatic rings. The lowest BCUT2D eigenvalue weighted by molar-refractivity contribution is -0.418. The van der Waals surface area contributed by atoms with Crippen molar-refractivity contribution in [1.29, 1.82) is 0 Å². The first-order valence-electron chi connectivity index (χ1n) is 2.74. The van der Waals surface area contributed by atoms with E-state index in [9.17, 15) is 10.1 Å². The van der Waals surface area contributed by atoms with E-state index in [4.69, 9.17) is 0 Å². The summed E-state index contributed by atoms with van der Waals surface area (Å²) in [7, 11) is 0. The Morgan fingerprint density at radius 3 is 3.00 bits per heavy atom. The van der Waals surface area contributed by atoms with E-state index < -0.39 is 4.92 Å². The van der Waals surface area contributed by atoms with Gasteiger partial charge in [-0.25, -0.2) is 0 Å². The van der Waals surface area contributed by atoms with Crippen LogP contribution in [0.3, 0.4) is 0 Å². The number of rotatable bonds is 1. The van der Waals surface area contributed by atoms with Crippen molar-refractivity contribution in [3.63, 3.8) is 0 Å². The number of hydrogen-bond donors (Lipinski definition) is 0. The molecule has 0 radical (unpaired) electrons. The van der Waals surface area contributed by atoms with E-state index in [2.05, 4.69) is 5.73 Å². The summed E-state index contributed by atoms with van der Waals surface area (Å²) in [6, 6.07) is 0. The second-order valence-electron chi connectivity index (χ2n) is 1.71. The van der Waals surface area contributed by atoms with Crippen molar-refractivity contribution in [3.8, 4) is 0 Å². The van der Waals surface area contributed by atoms with E-state index in [0.717, 1.165) is 0 Å². The van der Waals surface area contributed by atoms with E-state index in [1.54, 1.807) is 12.2 Å². The van der Waals surface area contributed by atoms with Gasteiger partial charge in [0.1, 0.15) is 0 Å². The van der Waals surface area contributed by atoms with E-state index >= 15 is 0 Å². The predicted molar refractivity (Wildman–Crippen MR) is 36.9 cm³/mol. The number of hydrogen-bond acceptors (Lipinski definition) is 2. The van der Waals surface area contributed by atoms with Crippen LogP contribution in [0.1, 0.15) is 0 Å². The summed E-state index contributed by atoms with van der Waals surface area (Å²) in [6.45, 7) is 0. The lowest BCUT2D eigenvalue weighted by Crippen LogP contribution is -1.93. The maximum Gasteiger partial charge on any atom is 0.270 e. The van der Waals surface area contributed by atoms with Gasteiger partial charge in [0.2, 0.25) is 0 Å². The fourth-order valence-corrected chi connectivity index (χ4v) is 0.569. The van der Waals surface area contributed by atoms with Gasteiger partial charge in [0, 0.05) is 12.2 Å². The Morgan fingerprint density at radius 1 is 1.50 bits per heavy atom. The van der Waals surface area contributed by atoms with Crippen LogP contribution in [0.4, 0.5) is 0 Å². The topological polar surface area (TPSA) is 43.1 Å². The van der Waals surface area contributed by atoms with Crippen LogP contribution in [0.5, 0.6) is 0 Å². The fourth-order valence-electron chi connectivity index (χ4n) is 0.569. The highest BCUT2D eigenvalue weighted by molar-refractivity contribution is 5.24. The van der Waals surface area contributed by atoms with Crippen LogP contribution >= 0.6 is 0 Å². The normalized spacial score (nSPS) is 14.6. The minimum Gasteiger partial charge on any atom is -0.258 e. The fraction of sp³-hybridized carbons (Fsp3) is 0. The first kappa shape index (κ1) is 6.52. The highest BCUT2D eigenvalue weighted by atomic mass is 16.6. The summed E-state index contributed by atoms with van der Waals surface area (Å²) < 4.78 is 0. The molecule has 1 aliphatic carbocycles. The highest BCUT2D eigenvalue weighted by Crippen LogP contribution is 2.00. The summed E-state index contributed by atoms with van der Waals surface area (Å²) in [6.07, 6.45) is 7.54. The molecule has 0 aliphatic heterocycles. The Labute approximate surface area is 57.8 Å². The van der Waals surface area contributed by atoms with Crippen molar-refractivity contribution >= 4 is 0 Å². The number of allylic oxidation sites excluding steroid dienone is 4. The molecule has 0 fully saturated rings. The largest absolute Gasteiger partial charge is 0.270 e. The molecule has 0 saturated carbocycles. The van der Waals surface area contributed by atoms with Crippen LogP contribution in [-0.4, -0.2) is 4.92 Å². The van der Waals surface area contributed by atoms with Gasteiger partial charge in [-0.05, 0) is 18.2 Å². The molecule has 50 valence electrons. The van der Waals surface area contributed by atoms with Gasteiger partial charge in [-0.15, -0.1) is 5.73 Å². The van der Waals surface area contributed by atoms with Gasteiger partial charge in [-0.2, -0.15) is 0 Å². The molecule has 10 heavy (non-hydrogen) atoms. The lowest BCUT2D eigenvalue weighted by Gasteiger charge is -1.84. The zero-order valence-electron chi connectivity index (χ0n) is 5.15. The van der Waals surface area contributed by atoms with E-state index in [1.807, 2.05) is 0 Å². The van der Waals surface area contributed by atoms with Gasteiger partial charge < -0.3 is 0 Å². The van der Waals surface area contributed by atoms with Crippen LogP contribution in [0.2, 0.25) is 0 Å². The third-order valence-corrected chi connectivity index (χ3v) is 1.02. The third-order valence-electron chi connectivity index (χ3n) is 1.02. The third kappa shape index (κ3) is 1.44. The van der Waals surface area contributed by atoms with E-state index in [1.165, 1.54) is 18.2 Å². The molecule has 0 saturated heterocycles. The molecular formula is C7H5NO2. The molecule has 0 spiro atoms. The molecule has 0 heterocycles. The standard InChI is InChI=1S/C7H5NO2/c9-8(10)7-5-3-1-2-4-6-7/h1,3-6H. The second-order valence-corrected chi connectivity index (χ2v) is 1.71. The molecule has 0 amide bonds. The molecule has 0 aromatic carbocycles. The van der Waals surface area contributed by atoms with Crippen LogP contribution in [0, 0.1) is 10.1 Å². The van der Waals surface area contributed by atoms with E-state index in [-0.39, 0.29) is 5.70 Å². The molecule has 1 aliphatic rings. The molecule has 0 N–H and O–H groups in total. The van der Waals surface area contributed by atoms with Crippen LogP contribution in [-0.2, 0) is 0 Å². The Kier molecular flexibility index (Phi) is 1.83. The Bertz CT molecular complexity index is 267. The number of nitro groups is 1. The molecule has 0 atom stereocenters. The van der Waals surface area contributed by atoms with Gasteiger partial charge in [-0.1, -0.05) is 0 Å². The van der Waals surface area contributed by atoms with Crippen LogP contribution < -0.4 is 0 Å². The molecule has 1 rings (SSSR count). The lowest BCUT2D eigenvalue weighted by atomic mass is 10.4.